The summed E-state index contributed by atoms with van der Waals surface area (Å²) in [5.41, 5.74) is 4.78. The van der Waals surface area contributed by atoms with Crippen molar-refractivity contribution in [1.82, 2.24) is 9.80 Å². The van der Waals surface area contributed by atoms with Crippen LogP contribution in [0.2, 0.25) is 0 Å². The second-order valence-electron chi connectivity index (χ2n) is 9.35. The third-order valence-electron chi connectivity index (χ3n) is 6.74. The van der Waals surface area contributed by atoms with Crippen LogP contribution in [0.1, 0.15) is 35.1 Å². The molecule has 3 aromatic rings. The molecule has 0 aliphatic carbocycles. The van der Waals surface area contributed by atoms with Gasteiger partial charge in [0, 0.05) is 45.6 Å². The Morgan fingerprint density at radius 3 is 2.41 bits per heavy atom. The highest BCUT2D eigenvalue weighted by Gasteiger charge is 2.35. The van der Waals surface area contributed by atoms with Crippen molar-refractivity contribution >= 4 is 5.91 Å². The van der Waals surface area contributed by atoms with Gasteiger partial charge in [0.05, 0.1) is 7.11 Å². The van der Waals surface area contributed by atoms with E-state index in [-0.39, 0.29) is 11.7 Å². The van der Waals surface area contributed by atoms with E-state index < -0.39 is 0 Å². The van der Waals surface area contributed by atoms with Gasteiger partial charge in [-0.15, -0.1) is 0 Å². The van der Waals surface area contributed by atoms with Crippen molar-refractivity contribution in [2.45, 2.75) is 32.9 Å². The van der Waals surface area contributed by atoms with Crippen LogP contribution in [-0.2, 0) is 17.9 Å². The highest BCUT2D eigenvalue weighted by molar-refractivity contribution is 5.73. The number of aryl methyl sites for hydroxylation is 1. The van der Waals surface area contributed by atoms with Crippen LogP contribution in [0.25, 0.3) is 0 Å². The second kappa shape index (κ2) is 10.8. The number of benzene rings is 3. The topological polar surface area (TPSA) is 32.8 Å². The number of hydrogen-bond acceptors (Lipinski definition) is 3. The predicted octanol–water partition coefficient (Wildman–Crippen LogP) is 5.41. The summed E-state index contributed by atoms with van der Waals surface area (Å²) < 4.78 is 18.7. The largest absolute Gasteiger partial charge is 0.497 e. The van der Waals surface area contributed by atoms with E-state index in [1.165, 1.54) is 28.8 Å². The number of nitrogens with zero attached hydrogens (tertiary/aromatic N) is 2. The van der Waals surface area contributed by atoms with Gasteiger partial charge in [-0.2, -0.15) is 0 Å². The molecule has 1 saturated heterocycles. The van der Waals surface area contributed by atoms with Gasteiger partial charge in [-0.05, 0) is 53.8 Å². The Balaban J connectivity index is 1.54. The van der Waals surface area contributed by atoms with E-state index in [0.29, 0.717) is 24.9 Å². The average molecular weight is 461 g/mol. The van der Waals surface area contributed by atoms with E-state index in [1.807, 2.05) is 17.0 Å². The molecule has 178 valence electrons. The van der Waals surface area contributed by atoms with Gasteiger partial charge in [-0.25, -0.2) is 4.39 Å². The van der Waals surface area contributed by atoms with Crippen LogP contribution in [-0.4, -0.2) is 42.5 Å². The molecule has 1 heterocycles. The first-order chi connectivity index (χ1) is 16.4. The average Bonchev–Trinajstić information content (AvgIpc) is 3.22. The maximum atomic E-state index is 13.4. The lowest BCUT2D eigenvalue weighted by atomic mass is 9.88. The van der Waals surface area contributed by atoms with Crippen LogP contribution >= 0.6 is 0 Å². The molecule has 1 aliphatic heterocycles. The van der Waals surface area contributed by atoms with Gasteiger partial charge in [0.15, 0.2) is 0 Å². The van der Waals surface area contributed by atoms with Crippen molar-refractivity contribution in [3.8, 4) is 5.75 Å². The van der Waals surface area contributed by atoms with Crippen LogP contribution in [0.15, 0.2) is 72.8 Å². The molecule has 4 rings (SSSR count). The fraction of sp³-hybridized carbons (Fsp3) is 0.345. The standard InChI is InChI=1S/C29H33FN2O2/c1-21-5-4-6-24(15-21)16-31-18-26(29(20-31)25-9-13-28(34-3)14-10-25)19-32(22(2)33)17-23-7-11-27(30)12-8-23/h4-15,26,29H,16-20H2,1-3H3/t26-,29+/m1/s1. The summed E-state index contributed by atoms with van der Waals surface area (Å²) in [6.07, 6.45) is 0. The second-order valence-corrected chi connectivity index (χ2v) is 9.35. The number of ether oxygens (including phenoxy) is 1. The fourth-order valence-corrected chi connectivity index (χ4v) is 4.97. The minimum absolute atomic E-state index is 0.0370. The summed E-state index contributed by atoms with van der Waals surface area (Å²) in [6, 6.07) is 23.4. The number of likely N-dealkylation sites (tertiary alicyclic amines) is 1. The first-order valence-electron chi connectivity index (χ1n) is 11.8. The van der Waals surface area contributed by atoms with Crippen molar-refractivity contribution in [3.63, 3.8) is 0 Å². The molecule has 3 aromatic carbocycles. The maximum Gasteiger partial charge on any atom is 0.219 e. The molecule has 1 fully saturated rings. The molecule has 5 heteroatoms. The third-order valence-corrected chi connectivity index (χ3v) is 6.74. The Hall–Kier alpha value is -3.18. The van der Waals surface area contributed by atoms with Crippen molar-refractivity contribution in [1.29, 1.82) is 0 Å². The number of carbonyl (C=O) groups excluding carboxylic acids is 1. The van der Waals surface area contributed by atoms with Crippen LogP contribution < -0.4 is 4.74 Å². The summed E-state index contributed by atoms with van der Waals surface area (Å²) in [6.45, 7) is 7.63. The minimum Gasteiger partial charge on any atom is -0.497 e. The Morgan fingerprint density at radius 2 is 1.76 bits per heavy atom. The summed E-state index contributed by atoms with van der Waals surface area (Å²) in [4.78, 5) is 16.9. The van der Waals surface area contributed by atoms with Crippen LogP contribution in [0.3, 0.4) is 0 Å². The number of rotatable bonds is 8. The molecule has 1 aliphatic rings. The van der Waals surface area contributed by atoms with Gasteiger partial charge in [0.1, 0.15) is 11.6 Å². The number of amides is 1. The molecule has 0 saturated carbocycles. The van der Waals surface area contributed by atoms with E-state index >= 15 is 0 Å². The lowest BCUT2D eigenvalue weighted by Gasteiger charge is -2.28. The van der Waals surface area contributed by atoms with Gasteiger partial charge < -0.3 is 9.64 Å². The van der Waals surface area contributed by atoms with Gasteiger partial charge in [0.2, 0.25) is 5.91 Å². The number of halogens is 1. The van der Waals surface area contributed by atoms with E-state index in [2.05, 4.69) is 48.2 Å². The Bertz CT molecular complexity index is 1100. The Morgan fingerprint density at radius 1 is 1.03 bits per heavy atom. The number of hydrogen-bond donors (Lipinski definition) is 0. The zero-order chi connectivity index (χ0) is 24.1. The maximum absolute atomic E-state index is 13.4. The SMILES string of the molecule is COc1ccc([C@@H]2CN(Cc3cccc(C)c3)C[C@@H]2CN(Cc2ccc(F)cc2)C(C)=O)cc1. The smallest absolute Gasteiger partial charge is 0.219 e. The number of carbonyl (C=O) groups is 1. The fourth-order valence-electron chi connectivity index (χ4n) is 4.97. The van der Waals surface area contributed by atoms with Gasteiger partial charge in [0.25, 0.3) is 0 Å². The molecular weight excluding hydrogens is 427 g/mol. The zero-order valence-electron chi connectivity index (χ0n) is 20.2. The monoisotopic (exact) mass is 460 g/mol. The molecular formula is C29H33FN2O2. The van der Waals surface area contributed by atoms with E-state index in [9.17, 15) is 9.18 Å². The molecule has 4 nitrogen and oxygen atoms in total. The lowest BCUT2D eigenvalue weighted by molar-refractivity contribution is -0.130. The molecule has 0 bridgehead atoms. The highest BCUT2D eigenvalue weighted by Crippen LogP contribution is 2.35. The first-order valence-corrected chi connectivity index (χ1v) is 11.8. The summed E-state index contributed by atoms with van der Waals surface area (Å²) in [5, 5.41) is 0. The first kappa shape index (κ1) is 24.0. The van der Waals surface area contributed by atoms with Crippen molar-refractivity contribution in [2.75, 3.05) is 26.7 Å². The van der Waals surface area contributed by atoms with Crippen LogP contribution in [0.5, 0.6) is 5.75 Å². The Labute approximate surface area is 202 Å². The summed E-state index contributed by atoms with van der Waals surface area (Å²) in [5.74, 6) is 1.22. The van der Waals surface area contributed by atoms with E-state index in [4.69, 9.17) is 4.74 Å². The predicted molar refractivity (Wildman–Crippen MR) is 133 cm³/mol. The van der Waals surface area contributed by atoms with E-state index in [1.54, 1.807) is 26.2 Å². The quantitative estimate of drug-likeness (QED) is 0.451. The molecule has 34 heavy (non-hydrogen) atoms. The van der Waals surface area contributed by atoms with Crippen LogP contribution in [0, 0.1) is 18.7 Å². The minimum atomic E-state index is -0.264. The molecule has 2 atom stereocenters. The molecule has 0 aromatic heterocycles. The molecule has 0 spiro atoms. The summed E-state index contributed by atoms with van der Waals surface area (Å²) in [7, 11) is 1.68. The van der Waals surface area contributed by atoms with Crippen molar-refractivity contribution in [3.05, 3.63) is 101 Å². The normalized spacial score (nSPS) is 18.1. The van der Waals surface area contributed by atoms with E-state index in [0.717, 1.165) is 30.9 Å². The molecule has 0 unspecified atom stereocenters. The Kier molecular flexibility index (Phi) is 7.63. The van der Waals surface area contributed by atoms with Gasteiger partial charge in [-0.3, -0.25) is 9.69 Å². The molecule has 0 N–H and O–H groups in total. The number of methoxy groups -OCH3 is 1. The van der Waals surface area contributed by atoms with Crippen molar-refractivity contribution < 1.29 is 13.9 Å². The molecule has 0 radical (unpaired) electrons. The highest BCUT2D eigenvalue weighted by atomic mass is 19.1. The zero-order valence-corrected chi connectivity index (χ0v) is 20.2. The molecule has 1 amide bonds. The van der Waals surface area contributed by atoms with Crippen LogP contribution in [0.4, 0.5) is 4.39 Å². The van der Waals surface area contributed by atoms with Gasteiger partial charge in [-0.1, -0.05) is 54.1 Å². The lowest BCUT2D eigenvalue weighted by Crippen LogP contribution is -2.35. The van der Waals surface area contributed by atoms with Crippen molar-refractivity contribution in [2.24, 2.45) is 5.92 Å². The summed E-state index contributed by atoms with van der Waals surface area (Å²) >= 11 is 0. The van der Waals surface area contributed by atoms with Gasteiger partial charge >= 0.3 is 0 Å². The third kappa shape index (κ3) is 6.03.